The van der Waals surface area contributed by atoms with E-state index < -0.39 is 11.6 Å². The molecule has 1 fully saturated rings. The van der Waals surface area contributed by atoms with Crippen LogP contribution >= 0.6 is 0 Å². The molecule has 0 unspecified atom stereocenters. The number of carbonyl (C=O) groups excluding carboxylic acids is 1. The van der Waals surface area contributed by atoms with E-state index in [1.807, 2.05) is 18.3 Å². The molecule has 0 atom stereocenters. The molecule has 3 rings (SSSR count). The largest absolute Gasteiger partial charge is 0.370 e. The first kappa shape index (κ1) is 16.4. The molecule has 2 aromatic rings. The van der Waals surface area contributed by atoms with Crippen molar-refractivity contribution < 1.29 is 13.6 Å². The SMILES string of the molecule is O=C(NCC1CCN(c2cccnc2)CC1)c1ccc(F)c(F)c1. The van der Waals surface area contributed by atoms with Gasteiger partial charge in [-0.15, -0.1) is 0 Å². The standard InChI is InChI=1S/C18H19F2N3O/c19-16-4-3-14(10-17(16)20)18(24)22-11-13-5-8-23(9-6-13)15-2-1-7-21-12-15/h1-4,7,10,12-13H,5-6,8-9,11H2,(H,22,24). The molecule has 24 heavy (non-hydrogen) atoms. The number of aromatic nitrogens is 1. The van der Waals surface area contributed by atoms with E-state index in [0.717, 1.165) is 43.8 Å². The third-order valence-electron chi connectivity index (χ3n) is 4.36. The smallest absolute Gasteiger partial charge is 0.251 e. The molecule has 6 heteroatoms. The number of halogens is 2. The van der Waals surface area contributed by atoms with Crippen molar-refractivity contribution in [3.05, 3.63) is 59.9 Å². The Morgan fingerprint density at radius 3 is 2.67 bits per heavy atom. The zero-order valence-corrected chi connectivity index (χ0v) is 13.2. The molecule has 4 nitrogen and oxygen atoms in total. The highest BCUT2D eigenvalue weighted by atomic mass is 19.2. The molecule has 0 bridgehead atoms. The van der Waals surface area contributed by atoms with Crippen molar-refractivity contribution in [2.24, 2.45) is 5.92 Å². The maximum Gasteiger partial charge on any atom is 0.251 e. The lowest BCUT2D eigenvalue weighted by atomic mass is 9.96. The van der Waals surface area contributed by atoms with Crippen LogP contribution in [0.2, 0.25) is 0 Å². The Morgan fingerprint density at radius 1 is 1.21 bits per heavy atom. The molecule has 0 spiro atoms. The van der Waals surface area contributed by atoms with Gasteiger partial charge in [0.05, 0.1) is 11.9 Å². The van der Waals surface area contributed by atoms with Gasteiger partial charge in [-0.1, -0.05) is 0 Å². The van der Waals surface area contributed by atoms with Crippen molar-refractivity contribution in [1.29, 1.82) is 0 Å². The van der Waals surface area contributed by atoms with Gasteiger partial charge in [-0.25, -0.2) is 8.78 Å². The minimum absolute atomic E-state index is 0.140. The van der Waals surface area contributed by atoms with E-state index in [-0.39, 0.29) is 11.5 Å². The number of rotatable bonds is 4. The maximum atomic E-state index is 13.2. The molecule has 1 aliphatic heterocycles. The van der Waals surface area contributed by atoms with Gasteiger partial charge in [-0.05, 0) is 49.1 Å². The fourth-order valence-electron chi connectivity index (χ4n) is 2.91. The molecule has 1 saturated heterocycles. The molecule has 2 heterocycles. The monoisotopic (exact) mass is 331 g/mol. The summed E-state index contributed by atoms with van der Waals surface area (Å²) in [5.41, 5.74) is 1.25. The van der Waals surface area contributed by atoms with Crippen LogP contribution in [0, 0.1) is 17.6 Å². The number of pyridine rings is 1. The number of anilines is 1. The minimum Gasteiger partial charge on any atom is -0.370 e. The highest BCUT2D eigenvalue weighted by Gasteiger charge is 2.20. The van der Waals surface area contributed by atoms with Crippen molar-refractivity contribution in [2.75, 3.05) is 24.5 Å². The van der Waals surface area contributed by atoms with Crippen LogP contribution in [0.5, 0.6) is 0 Å². The summed E-state index contributed by atoms with van der Waals surface area (Å²) in [6, 6.07) is 7.15. The summed E-state index contributed by atoms with van der Waals surface area (Å²) in [4.78, 5) is 18.4. The first-order valence-corrected chi connectivity index (χ1v) is 8.01. The Kier molecular flexibility index (Phi) is 5.03. The summed E-state index contributed by atoms with van der Waals surface area (Å²) in [6.45, 7) is 2.37. The van der Waals surface area contributed by atoms with Crippen molar-refractivity contribution in [3.63, 3.8) is 0 Å². The molecule has 1 N–H and O–H groups in total. The first-order valence-electron chi connectivity index (χ1n) is 8.01. The number of hydrogen-bond donors (Lipinski definition) is 1. The van der Waals surface area contributed by atoms with Gasteiger partial charge < -0.3 is 10.2 Å². The molecule has 0 saturated carbocycles. The topological polar surface area (TPSA) is 45.2 Å². The summed E-state index contributed by atoms with van der Waals surface area (Å²) < 4.78 is 26.1. The summed E-state index contributed by atoms with van der Waals surface area (Å²) in [6.07, 6.45) is 5.54. The lowest BCUT2D eigenvalue weighted by Crippen LogP contribution is -2.38. The normalized spacial score (nSPS) is 15.3. The molecule has 1 aromatic carbocycles. The average molecular weight is 331 g/mol. The van der Waals surface area contributed by atoms with E-state index in [1.54, 1.807) is 6.20 Å². The number of carbonyl (C=O) groups is 1. The minimum atomic E-state index is -1.01. The number of benzene rings is 1. The quantitative estimate of drug-likeness (QED) is 0.937. The van der Waals surface area contributed by atoms with Crippen LogP contribution in [-0.4, -0.2) is 30.5 Å². The predicted octanol–water partition coefficient (Wildman–Crippen LogP) is 3.01. The van der Waals surface area contributed by atoms with Crippen LogP contribution in [0.4, 0.5) is 14.5 Å². The summed E-state index contributed by atoms with van der Waals surface area (Å²) >= 11 is 0. The van der Waals surface area contributed by atoms with Crippen molar-refractivity contribution in [1.82, 2.24) is 10.3 Å². The van der Waals surface area contributed by atoms with E-state index in [0.29, 0.717) is 12.5 Å². The van der Waals surface area contributed by atoms with Crippen LogP contribution in [0.15, 0.2) is 42.7 Å². The van der Waals surface area contributed by atoms with E-state index in [9.17, 15) is 13.6 Å². The van der Waals surface area contributed by atoms with Gasteiger partial charge in [0, 0.05) is 31.4 Å². The van der Waals surface area contributed by atoms with Gasteiger partial charge in [0.25, 0.3) is 5.91 Å². The lowest BCUT2D eigenvalue weighted by molar-refractivity contribution is 0.0944. The second-order valence-corrected chi connectivity index (χ2v) is 5.98. The molecule has 126 valence electrons. The number of nitrogens with zero attached hydrogens (tertiary/aromatic N) is 2. The molecule has 0 aliphatic carbocycles. The zero-order valence-electron chi connectivity index (χ0n) is 13.2. The Balaban J connectivity index is 1.48. The Morgan fingerprint density at radius 2 is 2.00 bits per heavy atom. The Labute approximate surface area is 139 Å². The molecular weight excluding hydrogens is 312 g/mol. The van der Waals surface area contributed by atoms with Gasteiger partial charge >= 0.3 is 0 Å². The summed E-state index contributed by atoms with van der Waals surface area (Å²) in [7, 11) is 0. The van der Waals surface area contributed by atoms with Gasteiger partial charge in [-0.3, -0.25) is 9.78 Å². The second-order valence-electron chi connectivity index (χ2n) is 5.98. The van der Waals surface area contributed by atoms with Gasteiger partial charge in [0.15, 0.2) is 11.6 Å². The number of nitrogens with one attached hydrogen (secondary N) is 1. The highest BCUT2D eigenvalue weighted by molar-refractivity contribution is 5.94. The molecule has 1 amide bonds. The summed E-state index contributed by atoms with van der Waals surface area (Å²) in [5.74, 6) is -1.95. The zero-order chi connectivity index (χ0) is 16.9. The second kappa shape index (κ2) is 7.38. The van der Waals surface area contributed by atoms with E-state index in [1.165, 1.54) is 6.07 Å². The Bertz CT molecular complexity index is 701. The fourth-order valence-corrected chi connectivity index (χ4v) is 2.91. The molecule has 1 aliphatic rings. The fraction of sp³-hybridized carbons (Fsp3) is 0.333. The third kappa shape index (κ3) is 3.88. The van der Waals surface area contributed by atoms with E-state index in [4.69, 9.17) is 0 Å². The van der Waals surface area contributed by atoms with Crippen LogP contribution in [0.3, 0.4) is 0 Å². The number of piperidine rings is 1. The van der Waals surface area contributed by atoms with E-state index in [2.05, 4.69) is 15.2 Å². The number of amides is 1. The van der Waals surface area contributed by atoms with Crippen molar-refractivity contribution in [3.8, 4) is 0 Å². The van der Waals surface area contributed by atoms with E-state index >= 15 is 0 Å². The average Bonchev–Trinajstić information content (AvgIpc) is 2.63. The van der Waals surface area contributed by atoms with Crippen molar-refractivity contribution >= 4 is 11.6 Å². The predicted molar refractivity (Wildman–Crippen MR) is 87.9 cm³/mol. The van der Waals surface area contributed by atoms with Crippen LogP contribution < -0.4 is 10.2 Å². The molecule has 1 aromatic heterocycles. The Hall–Kier alpha value is -2.50. The number of hydrogen-bond acceptors (Lipinski definition) is 3. The molecule has 0 radical (unpaired) electrons. The molecular formula is C18H19F2N3O. The van der Waals surface area contributed by atoms with Gasteiger partial charge in [-0.2, -0.15) is 0 Å². The van der Waals surface area contributed by atoms with Gasteiger partial charge in [0.2, 0.25) is 0 Å². The first-order chi connectivity index (χ1) is 11.6. The van der Waals surface area contributed by atoms with Crippen molar-refractivity contribution in [2.45, 2.75) is 12.8 Å². The van der Waals surface area contributed by atoms with Crippen LogP contribution in [0.1, 0.15) is 23.2 Å². The van der Waals surface area contributed by atoms with Gasteiger partial charge in [0.1, 0.15) is 0 Å². The third-order valence-corrected chi connectivity index (χ3v) is 4.36. The summed E-state index contributed by atoms with van der Waals surface area (Å²) in [5, 5.41) is 2.81. The lowest BCUT2D eigenvalue weighted by Gasteiger charge is -2.33. The van der Waals surface area contributed by atoms with Crippen LogP contribution in [0.25, 0.3) is 0 Å². The maximum absolute atomic E-state index is 13.2. The van der Waals surface area contributed by atoms with Crippen LogP contribution in [-0.2, 0) is 0 Å². The highest BCUT2D eigenvalue weighted by Crippen LogP contribution is 2.22.